The van der Waals surface area contributed by atoms with Gasteiger partial charge in [0.05, 0.1) is 0 Å². The van der Waals surface area contributed by atoms with E-state index < -0.39 is 0 Å². The van der Waals surface area contributed by atoms with Gasteiger partial charge in [-0.2, -0.15) is 0 Å². The average Bonchev–Trinajstić information content (AvgIpc) is 2.59. The minimum Gasteiger partial charge on any atom is -0.295 e. The summed E-state index contributed by atoms with van der Waals surface area (Å²) < 4.78 is 0. The van der Waals surface area contributed by atoms with Gasteiger partial charge in [-0.1, -0.05) is 54.6 Å². The lowest BCUT2D eigenvalue weighted by molar-refractivity contribution is -0.116. The van der Waals surface area contributed by atoms with E-state index in [9.17, 15) is 9.59 Å². The highest BCUT2D eigenvalue weighted by Crippen LogP contribution is 2.24. The fraction of sp³-hybridized carbons (Fsp3) is 0.238. The van der Waals surface area contributed by atoms with Gasteiger partial charge in [-0.15, -0.1) is 0 Å². The van der Waals surface area contributed by atoms with Crippen molar-refractivity contribution < 1.29 is 9.59 Å². The number of carbonyl (C=O) groups is 2. The van der Waals surface area contributed by atoms with E-state index in [1.807, 2.05) is 60.7 Å². The number of benzene rings is 2. The molecule has 1 fully saturated rings. The molecule has 0 heterocycles. The second-order valence-electron chi connectivity index (χ2n) is 5.96. The van der Waals surface area contributed by atoms with Crippen LogP contribution in [0.3, 0.4) is 0 Å². The van der Waals surface area contributed by atoms with Crippen molar-refractivity contribution in [3.63, 3.8) is 0 Å². The molecule has 0 amide bonds. The molecule has 1 aliphatic rings. The average molecular weight is 304 g/mol. The molecule has 0 aliphatic heterocycles. The largest absolute Gasteiger partial charge is 0.295 e. The third kappa shape index (κ3) is 3.84. The molecule has 2 heteroatoms. The van der Waals surface area contributed by atoms with Crippen molar-refractivity contribution in [2.75, 3.05) is 0 Å². The van der Waals surface area contributed by atoms with Gasteiger partial charge in [-0.3, -0.25) is 9.59 Å². The van der Waals surface area contributed by atoms with Crippen LogP contribution in [0.25, 0.3) is 6.08 Å². The number of ketones is 2. The predicted octanol–water partition coefficient (Wildman–Crippen LogP) is 4.64. The van der Waals surface area contributed by atoms with E-state index in [4.69, 9.17) is 0 Å². The molecule has 0 saturated heterocycles. The lowest BCUT2D eigenvalue weighted by Gasteiger charge is -2.13. The van der Waals surface area contributed by atoms with Crippen LogP contribution < -0.4 is 0 Å². The molecule has 116 valence electrons. The van der Waals surface area contributed by atoms with Gasteiger partial charge in [0.2, 0.25) is 0 Å². The summed E-state index contributed by atoms with van der Waals surface area (Å²) in [6, 6.07) is 17.2. The Bertz CT molecular complexity index is 741. The fourth-order valence-corrected chi connectivity index (χ4v) is 2.98. The molecule has 1 aliphatic carbocycles. The Morgan fingerprint density at radius 2 is 1.61 bits per heavy atom. The summed E-state index contributed by atoms with van der Waals surface area (Å²) in [4.78, 5) is 24.5. The molecule has 0 unspecified atom stereocenters. The Morgan fingerprint density at radius 1 is 0.913 bits per heavy atom. The van der Waals surface area contributed by atoms with Gasteiger partial charge in [-0.25, -0.2) is 0 Å². The molecule has 2 aromatic rings. The fourth-order valence-electron chi connectivity index (χ4n) is 2.98. The first kappa shape index (κ1) is 15.4. The summed E-state index contributed by atoms with van der Waals surface area (Å²) in [6.45, 7) is 0. The number of hydrogen-bond donors (Lipinski definition) is 0. The van der Waals surface area contributed by atoms with E-state index in [0.29, 0.717) is 12.8 Å². The second kappa shape index (κ2) is 7.19. The normalized spacial score (nSPS) is 16.5. The monoisotopic (exact) mass is 304 g/mol. The van der Waals surface area contributed by atoms with E-state index in [0.717, 1.165) is 41.5 Å². The molecule has 2 nitrogen and oxygen atoms in total. The van der Waals surface area contributed by atoms with Crippen LogP contribution in [-0.2, 0) is 11.2 Å². The molecule has 0 N–H and O–H groups in total. The highest BCUT2D eigenvalue weighted by molar-refractivity contribution is 6.01. The lowest BCUT2D eigenvalue weighted by Crippen LogP contribution is -2.09. The van der Waals surface area contributed by atoms with Gasteiger partial charge >= 0.3 is 0 Å². The zero-order valence-corrected chi connectivity index (χ0v) is 13.1. The van der Waals surface area contributed by atoms with Crippen LogP contribution in [0.1, 0.15) is 47.2 Å². The van der Waals surface area contributed by atoms with Crippen molar-refractivity contribution in [3.05, 3.63) is 76.9 Å². The smallest absolute Gasteiger partial charge is 0.167 e. The topological polar surface area (TPSA) is 34.1 Å². The van der Waals surface area contributed by atoms with Crippen LogP contribution >= 0.6 is 0 Å². The number of hydrogen-bond acceptors (Lipinski definition) is 2. The van der Waals surface area contributed by atoms with Crippen LogP contribution in [0.5, 0.6) is 0 Å². The first-order valence-electron chi connectivity index (χ1n) is 8.14. The van der Waals surface area contributed by atoms with Crippen molar-refractivity contribution in [2.45, 2.75) is 32.1 Å². The molecule has 0 radical (unpaired) electrons. The number of Topliss-reactive ketones (excluding diaryl/α,β-unsaturated/α-hetero) is 2. The van der Waals surface area contributed by atoms with Crippen molar-refractivity contribution >= 4 is 17.6 Å². The van der Waals surface area contributed by atoms with Crippen LogP contribution in [0, 0.1) is 0 Å². The highest BCUT2D eigenvalue weighted by atomic mass is 16.1. The van der Waals surface area contributed by atoms with Crippen LogP contribution in [0.4, 0.5) is 0 Å². The molecule has 23 heavy (non-hydrogen) atoms. The third-order valence-corrected chi connectivity index (χ3v) is 4.29. The van der Waals surface area contributed by atoms with Crippen molar-refractivity contribution in [2.24, 2.45) is 0 Å². The summed E-state index contributed by atoms with van der Waals surface area (Å²) in [5.74, 6) is 0.354. The van der Waals surface area contributed by atoms with E-state index in [1.54, 1.807) is 0 Å². The lowest BCUT2D eigenvalue weighted by atomic mass is 9.90. The van der Waals surface area contributed by atoms with Gasteiger partial charge in [-0.05, 0) is 42.0 Å². The van der Waals surface area contributed by atoms with Crippen LogP contribution in [0.15, 0.2) is 60.2 Å². The maximum Gasteiger partial charge on any atom is 0.167 e. The number of allylic oxidation sites excluding steroid dienone is 1. The highest BCUT2D eigenvalue weighted by Gasteiger charge is 2.16. The number of carbonyl (C=O) groups excluding carboxylic acids is 2. The molecule has 0 atom stereocenters. The van der Waals surface area contributed by atoms with E-state index >= 15 is 0 Å². The van der Waals surface area contributed by atoms with Crippen molar-refractivity contribution in [1.82, 2.24) is 0 Å². The summed E-state index contributed by atoms with van der Waals surface area (Å²) in [5.41, 5.74) is 3.59. The quantitative estimate of drug-likeness (QED) is 0.609. The standard InChI is InChI=1S/C21H20O2/c22-20-13-7-6-12-19(20)14-17-10-4-5-11-18(17)15-21(23)16-8-2-1-3-9-16/h1-5,8-11,14H,6-7,12-13,15H2/b19-14+. The van der Waals surface area contributed by atoms with Gasteiger partial charge in [0.15, 0.2) is 11.6 Å². The molecule has 1 saturated carbocycles. The van der Waals surface area contributed by atoms with E-state index in [1.165, 1.54) is 0 Å². The predicted molar refractivity (Wildman–Crippen MR) is 92.4 cm³/mol. The maximum atomic E-state index is 12.4. The SMILES string of the molecule is O=C1CCCC/C1=C\c1ccccc1CC(=O)c1ccccc1. The summed E-state index contributed by atoms with van der Waals surface area (Å²) in [6.07, 6.45) is 5.90. The Kier molecular flexibility index (Phi) is 4.82. The summed E-state index contributed by atoms with van der Waals surface area (Å²) in [7, 11) is 0. The Labute approximate surface area is 136 Å². The molecule has 2 aromatic carbocycles. The maximum absolute atomic E-state index is 12.4. The molecule has 3 rings (SSSR count). The molecular formula is C21H20O2. The van der Waals surface area contributed by atoms with E-state index in [2.05, 4.69) is 0 Å². The van der Waals surface area contributed by atoms with Crippen LogP contribution in [-0.4, -0.2) is 11.6 Å². The zero-order chi connectivity index (χ0) is 16.1. The van der Waals surface area contributed by atoms with Gasteiger partial charge < -0.3 is 0 Å². The third-order valence-electron chi connectivity index (χ3n) is 4.29. The van der Waals surface area contributed by atoms with Crippen LogP contribution in [0.2, 0.25) is 0 Å². The second-order valence-corrected chi connectivity index (χ2v) is 5.96. The summed E-state index contributed by atoms with van der Waals surface area (Å²) in [5, 5.41) is 0. The van der Waals surface area contributed by atoms with Crippen molar-refractivity contribution in [1.29, 1.82) is 0 Å². The van der Waals surface area contributed by atoms with E-state index in [-0.39, 0.29) is 11.6 Å². The molecule has 0 spiro atoms. The molecule has 0 bridgehead atoms. The Hall–Kier alpha value is -2.48. The van der Waals surface area contributed by atoms with Gasteiger partial charge in [0, 0.05) is 18.4 Å². The minimum absolute atomic E-state index is 0.103. The first-order valence-corrected chi connectivity index (χ1v) is 8.14. The Balaban J connectivity index is 1.85. The first-order chi connectivity index (χ1) is 11.2. The zero-order valence-electron chi connectivity index (χ0n) is 13.1. The Morgan fingerprint density at radius 3 is 2.39 bits per heavy atom. The summed E-state index contributed by atoms with van der Waals surface area (Å²) >= 11 is 0. The minimum atomic E-state index is 0.103. The molecule has 0 aromatic heterocycles. The van der Waals surface area contributed by atoms with Gasteiger partial charge in [0.25, 0.3) is 0 Å². The van der Waals surface area contributed by atoms with Crippen molar-refractivity contribution in [3.8, 4) is 0 Å². The van der Waals surface area contributed by atoms with Gasteiger partial charge in [0.1, 0.15) is 0 Å². The molecular weight excluding hydrogens is 284 g/mol. The number of rotatable bonds is 4.